The normalized spacial score (nSPS) is 13.6. The van der Waals surface area contributed by atoms with Gasteiger partial charge in [-0.1, -0.05) is 17.4 Å². The lowest BCUT2D eigenvalue weighted by atomic mass is 10.3. The predicted octanol–water partition coefficient (Wildman–Crippen LogP) is 3.79. The van der Waals surface area contributed by atoms with Gasteiger partial charge in [-0.25, -0.2) is 0 Å². The van der Waals surface area contributed by atoms with Crippen LogP contribution in [0.4, 0.5) is 18.3 Å². The molecule has 0 radical (unpaired) electrons. The zero-order chi connectivity index (χ0) is 12.5. The first kappa shape index (κ1) is 12.3. The van der Waals surface area contributed by atoms with Crippen molar-refractivity contribution in [2.75, 3.05) is 5.32 Å². The lowest BCUT2D eigenvalue weighted by Gasteiger charge is -2.09. The van der Waals surface area contributed by atoms with Gasteiger partial charge in [0.05, 0.1) is 6.04 Å². The Morgan fingerprint density at radius 1 is 1.35 bits per heavy atom. The van der Waals surface area contributed by atoms with Crippen LogP contribution in [0.25, 0.3) is 0 Å². The van der Waals surface area contributed by atoms with Crippen LogP contribution < -0.4 is 5.32 Å². The maximum atomic E-state index is 12.3. The fourth-order valence-electron chi connectivity index (χ4n) is 1.19. The first-order valence-corrected chi connectivity index (χ1v) is 6.37. The van der Waals surface area contributed by atoms with Crippen molar-refractivity contribution in [1.29, 1.82) is 0 Å². The van der Waals surface area contributed by atoms with E-state index in [0.29, 0.717) is 11.3 Å². The van der Waals surface area contributed by atoms with Gasteiger partial charge >= 0.3 is 6.18 Å². The van der Waals surface area contributed by atoms with Gasteiger partial charge in [0.1, 0.15) is 0 Å². The van der Waals surface area contributed by atoms with Gasteiger partial charge in [-0.3, -0.25) is 0 Å². The maximum Gasteiger partial charge on any atom is 0.445 e. The molecule has 0 fully saturated rings. The number of rotatable bonds is 3. The molecule has 0 aliphatic carbocycles. The molecule has 0 aliphatic rings. The second kappa shape index (κ2) is 4.61. The van der Waals surface area contributed by atoms with E-state index in [0.717, 1.165) is 4.88 Å². The largest absolute Gasteiger partial charge is 0.445 e. The average molecular weight is 279 g/mol. The van der Waals surface area contributed by atoms with E-state index in [4.69, 9.17) is 0 Å². The van der Waals surface area contributed by atoms with Crippen molar-refractivity contribution in [2.45, 2.75) is 19.1 Å². The average Bonchev–Trinajstić information content (AvgIpc) is 2.85. The summed E-state index contributed by atoms with van der Waals surface area (Å²) in [5.41, 5.74) is 0. The molecule has 0 saturated heterocycles. The van der Waals surface area contributed by atoms with Crippen LogP contribution in [0.15, 0.2) is 17.5 Å². The Morgan fingerprint density at radius 3 is 2.65 bits per heavy atom. The summed E-state index contributed by atoms with van der Waals surface area (Å²) in [6.45, 7) is 1.86. The fourth-order valence-corrected chi connectivity index (χ4v) is 2.62. The summed E-state index contributed by atoms with van der Waals surface area (Å²) in [5, 5.41) is 10.6. The van der Waals surface area contributed by atoms with E-state index in [9.17, 15) is 13.2 Å². The SMILES string of the molecule is CC(Nc1nnc(C(F)(F)F)s1)c1cccs1. The Hall–Kier alpha value is -1.15. The first-order chi connectivity index (χ1) is 7.97. The number of halogens is 3. The monoisotopic (exact) mass is 279 g/mol. The predicted molar refractivity (Wildman–Crippen MR) is 61.3 cm³/mol. The molecule has 2 aromatic heterocycles. The van der Waals surface area contributed by atoms with Gasteiger partial charge in [0.15, 0.2) is 0 Å². The number of nitrogens with one attached hydrogen (secondary N) is 1. The summed E-state index contributed by atoms with van der Waals surface area (Å²) >= 11 is 2.05. The van der Waals surface area contributed by atoms with Gasteiger partial charge in [-0.15, -0.1) is 21.5 Å². The van der Waals surface area contributed by atoms with Crippen molar-refractivity contribution in [3.63, 3.8) is 0 Å². The highest BCUT2D eigenvalue weighted by Gasteiger charge is 2.35. The van der Waals surface area contributed by atoms with Gasteiger partial charge < -0.3 is 5.32 Å². The fraction of sp³-hybridized carbons (Fsp3) is 0.333. The zero-order valence-corrected chi connectivity index (χ0v) is 10.3. The maximum absolute atomic E-state index is 12.3. The number of thiophene rings is 1. The first-order valence-electron chi connectivity index (χ1n) is 4.67. The van der Waals surface area contributed by atoms with Gasteiger partial charge in [-0.2, -0.15) is 13.2 Å². The molecule has 1 unspecified atom stereocenters. The Kier molecular flexibility index (Phi) is 3.34. The highest BCUT2D eigenvalue weighted by atomic mass is 32.1. The Bertz CT molecular complexity index is 478. The van der Waals surface area contributed by atoms with Crippen molar-refractivity contribution >= 4 is 27.8 Å². The number of hydrogen-bond donors (Lipinski definition) is 1. The third kappa shape index (κ3) is 2.95. The van der Waals surface area contributed by atoms with E-state index >= 15 is 0 Å². The summed E-state index contributed by atoms with van der Waals surface area (Å²) in [7, 11) is 0. The molecule has 92 valence electrons. The van der Waals surface area contributed by atoms with E-state index < -0.39 is 11.2 Å². The smallest absolute Gasteiger partial charge is 0.353 e. The van der Waals surface area contributed by atoms with Crippen molar-refractivity contribution in [3.05, 3.63) is 27.4 Å². The molecule has 0 bridgehead atoms. The number of nitrogens with zero attached hydrogens (tertiary/aromatic N) is 2. The molecule has 0 amide bonds. The molecule has 8 heteroatoms. The van der Waals surface area contributed by atoms with Crippen LogP contribution in [0.1, 0.15) is 22.9 Å². The summed E-state index contributed by atoms with van der Waals surface area (Å²) in [4.78, 5) is 1.04. The number of hydrogen-bond acceptors (Lipinski definition) is 5. The van der Waals surface area contributed by atoms with E-state index in [2.05, 4.69) is 15.5 Å². The van der Waals surface area contributed by atoms with Crippen molar-refractivity contribution in [2.24, 2.45) is 0 Å². The van der Waals surface area contributed by atoms with Crippen LogP contribution in [0, 0.1) is 0 Å². The minimum atomic E-state index is -4.43. The highest BCUT2D eigenvalue weighted by molar-refractivity contribution is 7.15. The summed E-state index contributed by atoms with van der Waals surface area (Å²) in [6.07, 6.45) is -4.43. The van der Waals surface area contributed by atoms with Gasteiger partial charge in [0.25, 0.3) is 0 Å². The Morgan fingerprint density at radius 2 is 2.12 bits per heavy atom. The molecule has 0 aromatic carbocycles. The van der Waals surface area contributed by atoms with E-state index in [1.54, 1.807) is 0 Å². The molecule has 1 atom stereocenters. The number of alkyl halides is 3. The summed E-state index contributed by atoms with van der Waals surface area (Å²) < 4.78 is 36.9. The molecule has 1 N–H and O–H groups in total. The Labute approximate surface area is 103 Å². The second-order valence-corrected chi connectivity index (χ2v) is 5.25. The zero-order valence-electron chi connectivity index (χ0n) is 8.65. The molecule has 17 heavy (non-hydrogen) atoms. The minimum absolute atomic E-state index is 0.0796. The van der Waals surface area contributed by atoms with Crippen LogP contribution in [0.3, 0.4) is 0 Å². The quantitative estimate of drug-likeness (QED) is 0.928. The molecule has 2 aromatic rings. The number of aromatic nitrogens is 2. The van der Waals surface area contributed by atoms with Gasteiger partial charge in [-0.05, 0) is 18.4 Å². The van der Waals surface area contributed by atoms with Crippen LogP contribution in [0.5, 0.6) is 0 Å². The van der Waals surface area contributed by atoms with Gasteiger partial charge in [0.2, 0.25) is 10.1 Å². The van der Waals surface area contributed by atoms with Crippen LogP contribution in [0.2, 0.25) is 0 Å². The molecular formula is C9H8F3N3S2. The highest BCUT2D eigenvalue weighted by Crippen LogP contribution is 2.34. The molecule has 3 nitrogen and oxygen atoms in total. The lowest BCUT2D eigenvalue weighted by molar-refractivity contribution is -0.138. The number of anilines is 1. The van der Waals surface area contributed by atoms with Crippen LogP contribution in [-0.4, -0.2) is 10.2 Å². The summed E-state index contributed by atoms with van der Waals surface area (Å²) in [5.74, 6) is 0. The minimum Gasteiger partial charge on any atom is -0.353 e. The molecule has 0 saturated carbocycles. The second-order valence-electron chi connectivity index (χ2n) is 3.29. The molecule has 0 spiro atoms. The van der Waals surface area contributed by atoms with E-state index in [1.807, 2.05) is 24.4 Å². The van der Waals surface area contributed by atoms with E-state index in [-0.39, 0.29) is 11.2 Å². The van der Waals surface area contributed by atoms with Crippen molar-refractivity contribution in [3.8, 4) is 0 Å². The van der Waals surface area contributed by atoms with Crippen molar-refractivity contribution in [1.82, 2.24) is 10.2 Å². The Balaban J connectivity index is 2.07. The standard InChI is InChI=1S/C9H8F3N3S2/c1-5(6-3-2-4-16-6)13-8-15-14-7(17-8)9(10,11)12/h2-5H,1H3,(H,13,15). The molecule has 2 heterocycles. The van der Waals surface area contributed by atoms with Crippen molar-refractivity contribution < 1.29 is 13.2 Å². The lowest BCUT2D eigenvalue weighted by Crippen LogP contribution is -2.04. The third-order valence-electron chi connectivity index (χ3n) is 1.98. The van der Waals surface area contributed by atoms with E-state index in [1.165, 1.54) is 11.3 Å². The molecule has 2 rings (SSSR count). The topological polar surface area (TPSA) is 37.8 Å². The van der Waals surface area contributed by atoms with Crippen LogP contribution >= 0.6 is 22.7 Å². The van der Waals surface area contributed by atoms with Crippen LogP contribution in [-0.2, 0) is 6.18 Å². The summed E-state index contributed by atoms with van der Waals surface area (Å²) in [6, 6.07) is 3.72. The third-order valence-corrected chi connectivity index (χ3v) is 3.93. The molecule has 0 aliphatic heterocycles. The molecular weight excluding hydrogens is 271 g/mol. The van der Waals surface area contributed by atoms with Gasteiger partial charge in [0, 0.05) is 4.88 Å².